The van der Waals surface area contributed by atoms with Crippen LogP contribution in [0.4, 0.5) is 4.79 Å². The molecule has 0 aromatic heterocycles. The van der Waals surface area contributed by atoms with E-state index in [-0.39, 0.29) is 12.8 Å². The number of hydrogen-bond acceptors (Lipinski definition) is 5. The molecule has 0 aromatic carbocycles. The van der Waals surface area contributed by atoms with Crippen LogP contribution in [0.5, 0.6) is 0 Å². The summed E-state index contributed by atoms with van der Waals surface area (Å²) in [6.45, 7) is 4.65. The molecular formula is C15H29N3O7. The Morgan fingerprint density at radius 2 is 1.32 bits per heavy atom. The van der Waals surface area contributed by atoms with Crippen molar-refractivity contribution in [1.82, 2.24) is 10.6 Å². The number of urea groups is 1. The van der Waals surface area contributed by atoms with E-state index < -0.39 is 42.4 Å². The Hall–Kier alpha value is -2.36. The van der Waals surface area contributed by atoms with Crippen molar-refractivity contribution in [2.24, 2.45) is 5.73 Å². The lowest BCUT2D eigenvalue weighted by atomic mass is 10.1. The molecule has 2 amide bonds. The number of amides is 2. The third kappa shape index (κ3) is 14.9. The van der Waals surface area contributed by atoms with Gasteiger partial charge in [-0.25, -0.2) is 14.4 Å². The fraction of sp³-hybridized carbons (Fsp3) is 0.733. The number of aliphatic carboxylic acids is 3. The minimum absolute atomic E-state index is 0.160. The van der Waals surface area contributed by atoms with E-state index in [2.05, 4.69) is 19.2 Å². The monoisotopic (exact) mass is 363 g/mol. The second-order valence-electron chi connectivity index (χ2n) is 5.32. The number of rotatable bonds is 11. The van der Waals surface area contributed by atoms with Crippen LogP contribution in [0.25, 0.3) is 0 Å². The quantitative estimate of drug-likeness (QED) is 0.289. The molecule has 0 rings (SSSR count). The average Bonchev–Trinajstić information content (AvgIpc) is 2.50. The molecule has 10 heteroatoms. The SMILES string of the molecule is CCC.NCCCCC(NC(=O)NC(CCC(=O)O)C(=O)O)C(=O)O. The van der Waals surface area contributed by atoms with E-state index in [1.54, 1.807) is 0 Å². The first-order chi connectivity index (χ1) is 11.7. The second kappa shape index (κ2) is 15.2. The van der Waals surface area contributed by atoms with Crippen LogP contribution in [0.15, 0.2) is 0 Å². The molecule has 0 aliphatic heterocycles. The second-order valence-corrected chi connectivity index (χ2v) is 5.32. The molecule has 0 heterocycles. The van der Waals surface area contributed by atoms with Gasteiger partial charge in [0.05, 0.1) is 0 Å². The Morgan fingerprint density at radius 3 is 1.68 bits per heavy atom. The molecule has 0 aromatic rings. The molecule has 0 radical (unpaired) electrons. The van der Waals surface area contributed by atoms with Crippen LogP contribution in [0.2, 0.25) is 0 Å². The highest BCUT2D eigenvalue weighted by Gasteiger charge is 2.24. The Bertz CT molecular complexity index is 429. The molecule has 2 atom stereocenters. The van der Waals surface area contributed by atoms with Crippen molar-refractivity contribution in [1.29, 1.82) is 0 Å². The fourth-order valence-corrected chi connectivity index (χ4v) is 1.63. The lowest BCUT2D eigenvalue weighted by Gasteiger charge is -2.18. The number of nitrogens with one attached hydrogen (secondary N) is 2. The first-order valence-electron chi connectivity index (χ1n) is 8.13. The molecule has 0 spiro atoms. The maximum Gasteiger partial charge on any atom is 0.326 e. The summed E-state index contributed by atoms with van der Waals surface area (Å²) in [4.78, 5) is 44.0. The van der Waals surface area contributed by atoms with Crippen molar-refractivity contribution in [2.45, 2.75) is 64.5 Å². The van der Waals surface area contributed by atoms with Gasteiger partial charge in [0.2, 0.25) is 0 Å². The van der Waals surface area contributed by atoms with E-state index in [1.807, 2.05) is 5.32 Å². The zero-order valence-corrected chi connectivity index (χ0v) is 14.7. The molecule has 0 aliphatic rings. The number of carbonyl (C=O) groups excluding carboxylic acids is 1. The summed E-state index contributed by atoms with van der Waals surface area (Å²) in [6.07, 6.45) is 1.77. The van der Waals surface area contributed by atoms with Crippen molar-refractivity contribution < 1.29 is 34.5 Å². The molecule has 0 bridgehead atoms. The maximum atomic E-state index is 11.6. The van der Waals surface area contributed by atoms with Gasteiger partial charge in [0.15, 0.2) is 0 Å². The molecule has 7 N–H and O–H groups in total. The zero-order valence-electron chi connectivity index (χ0n) is 14.7. The van der Waals surface area contributed by atoms with E-state index in [0.29, 0.717) is 19.4 Å². The van der Waals surface area contributed by atoms with Crippen LogP contribution in [0.1, 0.15) is 52.4 Å². The highest BCUT2D eigenvalue weighted by atomic mass is 16.4. The first-order valence-corrected chi connectivity index (χ1v) is 8.13. The summed E-state index contributed by atoms with van der Waals surface area (Å²) >= 11 is 0. The van der Waals surface area contributed by atoms with Gasteiger partial charge in [-0.2, -0.15) is 0 Å². The Labute approximate surface area is 146 Å². The van der Waals surface area contributed by atoms with Crippen LogP contribution in [0, 0.1) is 0 Å². The van der Waals surface area contributed by atoms with Gasteiger partial charge in [-0.15, -0.1) is 0 Å². The molecule has 0 aliphatic carbocycles. The molecule has 2 unspecified atom stereocenters. The summed E-state index contributed by atoms with van der Waals surface area (Å²) < 4.78 is 0. The summed E-state index contributed by atoms with van der Waals surface area (Å²) in [6, 6.07) is -3.55. The van der Waals surface area contributed by atoms with Crippen molar-refractivity contribution in [3.63, 3.8) is 0 Å². The Balaban J connectivity index is 0. The highest BCUT2D eigenvalue weighted by molar-refractivity contribution is 5.86. The number of hydrogen-bond donors (Lipinski definition) is 6. The molecule has 25 heavy (non-hydrogen) atoms. The average molecular weight is 363 g/mol. The topological polar surface area (TPSA) is 179 Å². The van der Waals surface area contributed by atoms with Crippen LogP contribution in [-0.2, 0) is 14.4 Å². The van der Waals surface area contributed by atoms with Gasteiger partial charge >= 0.3 is 23.9 Å². The molecule has 0 saturated heterocycles. The van der Waals surface area contributed by atoms with E-state index in [9.17, 15) is 19.2 Å². The number of unbranched alkanes of at least 4 members (excludes halogenated alkanes) is 1. The van der Waals surface area contributed by atoms with Gasteiger partial charge in [0, 0.05) is 6.42 Å². The van der Waals surface area contributed by atoms with Gasteiger partial charge in [-0.05, 0) is 32.2 Å². The maximum absolute atomic E-state index is 11.6. The number of carboxylic acids is 3. The van der Waals surface area contributed by atoms with Gasteiger partial charge in [-0.3, -0.25) is 4.79 Å². The minimum atomic E-state index is -1.41. The normalized spacial score (nSPS) is 12.1. The lowest BCUT2D eigenvalue weighted by molar-refractivity contribution is -0.140. The van der Waals surface area contributed by atoms with Crippen LogP contribution in [0.3, 0.4) is 0 Å². The highest BCUT2D eigenvalue weighted by Crippen LogP contribution is 2.02. The van der Waals surface area contributed by atoms with Crippen molar-refractivity contribution >= 4 is 23.9 Å². The standard InChI is InChI=1S/C12H21N3O7.C3H8/c13-6-2-1-3-7(10(18)19)14-12(22)15-8(11(20)21)4-5-9(16)17;1-3-2/h7-8H,1-6,13H2,(H,16,17)(H,18,19)(H,20,21)(H2,14,15,22);3H2,1-2H3. The zero-order chi connectivity index (χ0) is 19.8. The Morgan fingerprint density at radius 1 is 0.880 bits per heavy atom. The summed E-state index contributed by atoms with van der Waals surface area (Å²) in [5, 5.41) is 30.6. The van der Waals surface area contributed by atoms with Crippen molar-refractivity contribution in [3.8, 4) is 0 Å². The van der Waals surface area contributed by atoms with Crippen molar-refractivity contribution in [3.05, 3.63) is 0 Å². The fourth-order valence-electron chi connectivity index (χ4n) is 1.63. The molecule has 10 nitrogen and oxygen atoms in total. The smallest absolute Gasteiger partial charge is 0.326 e. The summed E-state index contributed by atoms with van der Waals surface area (Å²) in [5.41, 5.74) is 5.29. The van der Waals surface area contributed by atoms with Gasteiger partial charge in [0.25, 0.3) is 0 Å². The van der Waals surface area contributed by atoms with Gasteiger partial charge in [-0.1, -0.05) is 20.3 Å². The number of nitrogens with two attached hydrogens (primary N) is 1. The van der Waals surface area contributed by atoms with E-state index in [1.165, 1.54) is 6.42 Å². The molecular weight excluding hydrogens is 334 g/mol. The van der Waals surface area contributed by atoms with Crippen LogP contribution in [-0.4, -0.2) is 57.9 Å². The molecule has 0 saturated carbocycles. The van der Waals surface area contributed by atoms with E-state index in [4.69, 9.17) is 21.1 Å². The van der Waals surface area contributed by atoms with Crippen molar-refractivity contribution in [2.75, 3.05) is 6.54 Å². The van der Waals surface area contributed by atoms with E-state index >= 15 is 0 Å². The molecule has 0 fully saturated rings. The van der Waals surface area contributed by atoms with Crippen LogP contribution < -0.4 is 16.4 Å². The van der Waals surface area contributed by atoms with Gasteiger partial charge < -0.3 is 31.7 Å². The number of carboxylic acid groups (broad SMARTS) is 3. The summed E-state index contributed by atoms with van der Waals surface area (Å²) in [5.74, 6) is -3.84. The third-order valence-corrected chi connectivity index (χ3v) is 2.80. The number of carbonyl (C=O) groups is 4. The predicted molar refractivity (Wildman–Crippen MR) is 90.3 cm³/mol. The Kier molecular flexibility index (Phi) is 15.1. The lowest BCUT2D eigenvalue weighted by Crippen LogP contribution is -2.51. The largest absolute Gasteiger partial charge is 0.481 e. The third-order valence-electron chi connectivity index (χ3n) is 2.80. The minimum Gasteiger partial charge on any atom is -0.481 e. The van der Waals surface area contributed by atoms with E-state index in [0.717, 1.165) is 0 Å². The summed E-state index contributed by atoms with van der Waals surface area (Å²) in [7, 11) is 0. The molecule has 146 valence electrons. The predicted octanol–water partition coefficient (Wildman–Crippen LogP) is 0.602. The van der Waals surface area contributed by atoms with Gasteiger partial charge in [0.1, 0.15) is 12.1 Å². The first kappa shape index (κ1) is 24.9. The van der Waals surface area contributed by atoms with Crippen LogP contribution >= 0.6 is 0 Å².